The first-order valence-electron chi connectivity index (χ1n) is 19.1. The average molecular weight is 851 g/mol. The summed E-state index contributed by atoms with van der Waals surface area (Å²) in [5.41, 5.74) is 5.58. The molecule has 2 N–H and O–H groups in total. The summed E-state index contributed by atoms with van der Waals surface area (Å²) in [5, 5.41) is 13.8. The van der Waals surface area contributed by atoms with Crippen LogP contribution >= 0.6 is 23.2 Å². The Morgan fingerprint density at radius 3 is 2.23 bits per heavy atom. The van der Waals surface area contributed by atoms with Crippen molar-refractivity contribution in [3.8, 4) is 28.4 Å². The fourth-order valence-corrected chi connectivity index (χ4v) is 7.70. The molecule has 3 heterocycles. The molecule has 0 radical (unpaired) electrons. The van der Waals surface area contributed by atoms with E-state index in [-0.39, 0.29) is 37.5 Å². The number of fused-ring (bicyclic) bond motifs is 2. The van der Waals surface area contributed by atoms with Crippen LogP contribution in [0.4, 0.5) is 4.39 Å². The van der Waals surface area contributed by atoms with Gasteiger partial charge in [0.05, 0.1) is 10.0 Å². The molecule has 0 bridgehead atoms. The first-order valence-corrected chi connectivity index (χ1v) is 19.9. The Balaban J connectivity index is 0.989. The minimum atomic E-state index is -1.30. The molecule has 0 saturated heterocycles. The number of hydrogen-bond acceptors (Lipinski definition) is 8. The van der Waals surface area contributed by atoms with Crippen LogP contribution in [0.15, 0.2) is 108 Å². The van der Waals surface area contributed by atoms with Gasteiger partial charge in [-0.3, -0.25) is 9.59 Å². The molecule has 5 aromatic carbocycles. The zero-order valence-electron chi connectivity index (χ0n) is 32.4. The molecule has 3 unspecified atom stereocenters. The van der Waals surface area contributed by atoms with Crippen LogP contribution in [-0.2, 0) is 35.6 Å². The quantitative estimate of drug-likeness (QED) is 0.131. The van der Waals surface area contributed by atoms with Gasteiger partial charge in [-0.2, -0.15) is 0 Å². The predicted molar refractivity (Wildman–Crippen MR) is 221 cm³/mol. The van der Waals surface area contributed by atoms with Crippen LogP contribution < -0.4 is 19.5 Å². The molecular formula is C46H38Cl2FN3O8. The van der Waals surface area contributed by atoms with Crippen LogP contribution in [0.5, 0.6) is 17.2 Å². The Kier molecular flexibility index (Phi) is 11.5. The second kappa shape index (κ2) is 17.1. The number of carboxylic acids is 1. The zero-order chi connectivity index (χ0) is 42.1. The molecule has 2 aliphatic heterocycles. The van der Waals surface area contributed by atoms with Crippen molar-refractivity contribution in [2.24, 2.45) is 0 Å². The Morgan fingerprint density at radius 2 is 1.57 bits per heavy atom. The molecule has 6 aromatic rings. The van der Waals surface area contributed by atoms with Crippen molar-refractivity contribution in [2.75, 3.05) is 6.61 Å². The van der Waals surface area contributed by atoms with Crippen LogP contribution in [0.25, 0.3) is 11.1 Å². The Morgan fingerprint density at radius 1 is 0.883 bits per heavy atom. The number of amides is 2. The van der Waals surface area contributed by atoms with Crippen molar-refractivity contribution in [3.05, 3.63) is 164 Å². The number of carbonyl (C=O) groups excluding carboxylic acids is 2. The molecule has 8 rings (SSSR count). The number of carbonyl (C=O) groups is 3. The van der Waals surface area contributed by atoms with Crippen molar-refractivity contribution >= 4 is 41.0 Å². The van der Waals surface area contributed by atoms with E-state index in [9.17, 15) is 23.9 Å². The lowest BCUT2D eigenvalue weighted by molar-refractivity contribution is -0.142. The second-order valence-electron chi connectivity index (χ2n) is 14.7. The Bertz CT molecular complexity index is 2580. The highest BCUT2D eigenvalue weighted by atomic mass is 35.5. The summed E-state index contributed by atoms with van der Waals surface area (Å²) < 4.78 is 37.6. The number of benzene rings is 5. The maximum Gasteiger partial charge on any atom is 0.326 e. The zero-order valence-corrected chi connectivity index (χ0v) is 33.9. The van der Waals surface area contributed by atoms with E-state index in [1.54, 1.807) is 50.2 Å². The molecule has 1 aromatic heterocycles. The number of nitrogens with zero attached hydrogens (tertiary/aromatic N) is 2. The van der Waals surface area contributed by atoms with Gasteiger partial charge >= 0.3 is 5.97 Å². The predicted octanol–water partition coefficient (Wildman–Crippen LogP) is 8.88. The summed E-state index contributed by atoms with van der Waals surface area (Å²) in [4.78, 5) is 46.5. The summed E-state index contributed by atoms with van der Waals surface area (Å²) >= 11 is 12.2. The number of nitrogens with one attached hydrogen (secondary N) is 1. The minimum Gasteiger partial charge on any atom is -0.489 e. The number of rotatable bonds is 11. The third-order valence-corrected chi connectivity index (χ3v) is 11.3. The standard InChI is InChI=1S/C46H38Cl2FN3O8/c1-25-43(50-26(2)59-25)45(54)52-22-33-21-41-40(58-24-42(60-41)31-10-14-35(15-11-31)57-23-28-5-16-36(47)37(48)17-28)20-32(33)19-39(52)44(53)51-38(46(55)56)18-27-3-6-29(7-4-27)30-8-12-34(49)13-9-30/h3-17,20-21,38-39,42H,18-19,22-24H2,1-2H3,(H,51,53)(H,55,56). The van der Waals surface area contributed by atoms with E-state index in [4.69, 9.17) is 41.8 Å². The Hall–Kier alpha value is -6.37. The molecule has 11 nitrogen and oxygen atoms in total. The number of ether oxygens (including phenoxy) is 3. The average Bonchev–Trinajstić information content (AvgIpc) is 3.59. The van der Waals surface area contributed by atoms with E-state index in [0.29, 0.717) is 51.1 Å². The molecule has 2 amide bonds. The van der Waals surface area contributed by atoms with Gasteiger partial charge in [0.1, 0.15) is 42.6 Å². The van der Waals surface area contributed by atoms with Crippen LogP contribution in [-0.4, -0.2) is 51.5 Å². The van der Waals surface area contributed by atoms with Crippen molar-refractivity contribution in [1.29, 1.82) is 0 Å². The molecular weight excluding hydrogens is 812 g/mol. The van der Waals surface area contributed by atoms with Gasteiger partial charge in [-0.1, -0.05) is 77.8 Å². The summed E-state index contributed by atoms with van der Waals surface area (Å²) in [5.74, 6) is -0.539. The number of aliphatic carboxylic acids is 1. The first-order chi connectivity index (χ1) is 28.9. The smallest absolute Gasteiger partial charge is 0.326 e. The van der Waals surface area contributed by atoms with Crippen LogP contribution in [0.3, 0.4) is 0 Å². The van der Waals surface area contributed by atoms with Gasteiger partial charge in [-0.05, 0) is 94.4 Å². The van der Waals surface area contributed by atoms with E-state index in [0.717, 1.165) is 33.4 Å². The first kappa shape index (κ1) is 40.4. The largest absolute Gasteiger partial charge is 0.489 e. The van der Waals surface area contributed by atoms with Crippen LogP contribution in [0.2, 0.25) is 10.0 Å². The molecule has 0 aliphatic carbocycles. The summed E-state index contributed by atoms with van der Waals surface area (Å²) in [6, 6.07) is 27.3. The molecule has 60 heavy (non-hydrogen) atoms. The summed E-state index contributed by atoms with van der Waals surface area (Å²) in [6.07, 6.45) is -0.379. The highest BCUT2D eigenvalue weighted by Crippen LogP contribution is 2.41. The van der Waals surface area contributed by atoms with Crippen molar-refractivity contribution in [2.45, 2.75) is 58.0 Å². The Labute approximate surface area is 354 Å². The van der Waals surface area contributed by atoms with Gasteiger partial charge < -0.3 is 34.0 Å². The third-order valence-electron chi connectivity index (χ3n) is 10.6. The third kappa shape index (κ3) is 8.80. The number of carboxylic acid groups (broad SMARTS) is 1. The van der Waals surface area contributed by atoms with E-state index in [1.807, 2.05) is 54.6 Å². The normalized spacial score (nSPS) is 16.1. The van der Waals surface area contributed by atoms with E-state index in [1.165, 1.54) is 17.0 Å². The lowest BCUT2D eigenvalue weighted by atomic mass is 9.91. The summed E-state index contributed by atoms with van der Waals surface area (Å²) in [6.45, 7) is 3.79. The second-order valence-corrected chi connectivity index (χ2v) is 15.5. The monoisotopic (exact) mass is 849 g/mol. The number of aryl methyl sites for hydroxylation is 2. The van der Waals surface area contributed by atoms with Crippen molar-refractivity contribution < 1.29 is 42.5 Å². The van der Waals surface area contributed by atoms with Gasteiger partial charge in [0.2, 0.25) is 5.91 Å². The summed E-state index contributed by atoms with van der Waals surface area (Å²) in [7, 11) is 0. The molecule has 2 aliphatic rings. The fraction of sp³-hybridized carbons (Fsp3) is 0.217. The fourth-order valence-electron chi connectivity index (χ4n) is 7.38. The SMILES string of the molecule is Cc1nc(C(=O)N2Cc3cc4c(cc3CC2C(=O)NC(Cc2ccc(-c3ccc(F)cc3)cc2)C(=O)O)OCC(c2ccc(OCc3ccc(Cl)c(Cl)c3)cc2)O4)c(C)o1. The van der Waals surface area contributed by atoms with Gasteiger partial charge in [0.25, 0.3) is 5.91 Å². The maximum absolute atomic E-state index is 14.2. The minimum absolute atomic E-state index is 0.00631. The maximum atomic E-state index is 14.2. The van der Waals surface area contributed by atoms with Crippen LogP contribution in [0, 0.1) is 19.7 Å². The van der Waals surface area contributed by atoms with E-state index >= 15 is 0 Å². The highest BCUT2D eigenvalue weighted by Gasteiger charge is 2.39. The molecule has 306 valence electrons. The number of oxazole rings is 1. The highest BCUT2D eigenvalue weighted by molar-refractivity contribution is 6.42. The van der Waals surface area contributed by atoms with E-state index in [2.05, 4.69) is 10.3 Å². The van der Waals surface area contributed by atoms with Gasteiger partial charge in [0, 0.05) is 26.3 Å². The van der Waals surface area contributed by atoms with Crippen LogP contribution in [0.1, 0.15) is 56.1 Å². The molecule has 0 spiro atoms. The van der Waals surface area contributed by atoms with Crippen molar-refractivity contribution in [3.63, 3.8) is 0 Å². The molecule has 14 heteroatoms. The van der Waals surface area contributed by atoms with E-state index < -0.39 is 36.0 Å². The lowest BCUT2D eigenvalue weighted by Crippen LogP contribution is -2.56. The van der Waals surface area contributed by atoms with Gasteiger partial charge in [-0.15, -0.1) is 0 Å². The number of aromatic nitrogens is 1. The molecule has 3 atom stereocenters. The lowest BCUT2D eigenvalue weighted by Gasteiger charge is -2.37. The topological polar surface area (TPSA) is 140 Å². The van der Waals surface area contributed by atoms with Gasteiger partial charge in [-0.25, -0.2) is 14.2 Å². The molecule has 0 fully saturated rings. The molecule has 0 saturated carbocycles. The van der Waals surface area contributed by atoms with Crippen molar-refractivity contribution in [1.82, 2.24) is 15.2 Å². The number of halogens is 3. The number of hydrogen-bond donors (Lipinski definition) is 2. The van der Waals surface area contributed by atoms with Gasteiger partial charge in [0.15, 0.2) is 29.2 Å².